The molecule has 3 aliphatic rings. The average molecular weight is 465 g/mol. The van der Waals surface area contributed by atoms with E-state index in [-0.39, 0.29) is 35.5 Å². The third-order valence-electron chi connectivity index (χ3n) is 6.71. The normalized spacial score (nSPS) is 19.6. The Morgan fingerprint density at radius 2 is 1.97 bits per heavy atom. The summed E-state index contributed by atoms with van der Waals surface area (Å²) in [6, 6.07) is 0.242. The van der Waals surface area contributed by atoms with Gasteiger partial charge in [0.25, 0.3) is 5.91 Å². The van der Waals surface area contributed by atoms with Gasteiger partial charge in [-0.3, -0.25) is 14.6 Å². The predicted molar refractivity (Wildman–Crippen MR) is 128 cm³/mol. The molecule has 0 spiro atoms. The number of hydrogen-bond acceptors (Lipinski definition) is 8. The first-order valence-corrected chi connectivity index (χ1v) is 12.3. The van der Waals surface area contributed by atoms with Crippen molar-refractivity contribution >= 4 is 40.3 Å². The van der Waals surface area contributed by atoms with E-state index in [4.69, 9.17) is 5.73 Å². The number of ketones is 1. The average Bonchev–Trinajstić information content (AvgIpc) is 3.43. The van der Waals surface area contributed by atoms with Crippen LogP contribution in [0.3, 0.4) is 0 Å². The molecule has 3 heterocycles. The summed E-state index contributed by atoms with van der Waals surface area (Å²) in [5.41, 5.74) is 9.81. The largest absolute Gasteiger partial charge is 0.368 e. The van der Waals surface area contributed by atoms with Gasteiger partial charge in [-0.1, -0.05) is 33.1 Å². The van der Waals surface area contributed by atoms with Crippen molar-refractivity contribution in [2.45, 2.75) is 64.8 Å². The summed E-state index contributed by atoms with van der Waals surface area (Å²) in [6.07, 6.45) is 9.82. The fourth-order valence-corrected chi connectivity index (χ4v) is 6.03. The molecule has 0 saturated heterocycles. The fraction of sp³-hybridized carbons (Fsp3) is 0.500. The molecule has 2 aliphatic carbocycles. The second-order valence-corrected chi connectivity index (χ2v) is 10.8. The van der Waals surface area contributed by atoms with Crippen LogP contribution in [0.25, 0.3) is 5.57 Å². The van der Waals surface area contributed by atoms with Crippen LogP contribution in [0.1, 0.15) is 71.9 Å². The van der Waals surface area contributed by atoms with Gasteiger partial charge in [-0.05, 0) is 35.8 Å². The number of fused-ring (bicyclic) bond motifs is 2. The van der Waals surface area contributed by atoms with Crippen molar-refractivity contribution in [3.63, 3.8) is 0 Å². The van der Waals surface area contributed by atoms with Gasteiger partial charge >= 0.3 is 0 Å². The number of nitrogens with two attached hydrogens (primary N) is 1. The van der Waals surface area contributed by atoms with Crippen LogP contribution < -0.4 is 11.1 Å². The molecule has 0 unspecified atom stereocenters. The van der Waals surface area contributed by atoms with Crippen LogP contribution in [0.15, 0.2) is 23.0 Å². The van der Waals surface area contributed by atoms with Crippen LogP contribution in [-0.2, 0) is 17.6 Å². The summed E-state index contributed by atoms with van der Waals surface area (Å²) in [5.74, 6) is 0.0534. The van der Waals surface area contributed by atoms with Crippen molar-refractivity contribution in [3.8, 4) is 0 Å². The number of thiazole rings is 1. The maximum absolute atomic E-state index is 13.3. The van der Waals surface area contributed by atoms with E-state index in [1.54, 1.807) is 12.4 Å². The number of nitrogens with one attached hydrogen (secondary N) is 1. The van der Waals surface area contributed by atoms with E-state index in [9.17, 15) is 9.59 Å². The van der Waals surface area contributed by atoms with Gasteiger partial charge in [0, 0.05) is 17.8 Å². The van der Waals surface area contributed by atoms with Gasteiger partial charge in [-0.25, -0.2) is 15.0 Å². The van der Waals surface area contributed by atoms with E-state index >= 15 is 0 Å². The van der Waals surface area contributed by atoms with E-state index in [2.05, 4.69) is 39.1 Å². The molecule has 2 aromatic heterocycles. The number of aliphatic imine (C=N–C) groups is 1. The maximum Gasteiger partial charge on any atom is 0.263 e. The van der Waals surface area contributed by atoms with Gasteiger partial charge in [0.1, 0.15) is 15.6 Å². The standard InChI is InChI=1S/C24H28N6O2S/c1-24(2)9-13-10-28-23(25)30-20(13)15-11-27-21(19(15)24)16(31)8-18-26-12-17(33-18)22(32)29-14-6-4-3-5-7-14/h10,12,14H,3-9,11H2,1-2H3,(H,29,32)(H2,25,28,30). The molecule has 3 N–H and O–H groups in total. The highest BCUT2D eigenvalue weighted by Crippen LogP contribution is 2.45. The number of anilines is 1. The molecule has 0 aromatic carbocycles. The summed E-state index contributed by atoms with van der Waals surface area (Å²) >= 11 is 1.28. The summed E-state index contributed by atoms with van der Waals surface area (Å²) in [4.78, 5) is 44.0. The van der Waals surface area contributed by atoms with E-state index in [1.807, 2.05) is 0 Å². The van der Waals surface area contributed by atoms with Crippen LogP contribution in [0.2, 0.25) is 0 Å². The number of nitrogens with zero attached hydrogens (tertiary/aromatic N) is 4. The van der Waals surface area contributed by atoms with E-state index in [0.29, 0.717) is 22.1 Å². The quantitative estimate of drug-likeness (QED) is 0.700. The lowest BCUT2D eigenvalue weighted by Crippen LogP contribution is -2.35. The third-order valence-corrected chi connectivity index (χ3v) is 7.70. The molecule has 0 bridgehead atoms. The second kappa shape index (κ2) is 8.44. The Balaban J connectivity index is 1.32. The zero-order chi connectivity index (χ0) is 23.2. The molecule has 9 heteroatoms. The van der Waals surface area contributed by atoms with Gasteiger partial charge in [0.2, 0.25) is 5.95 Å². The Bertz CT molecular complexity index is 1190. The Labute approximate surface area is 196 Å². The fourth-order valence-electron chi connectivity index (χ4n) is 5.21. The minimum absolute atomic E-state index is 0.0767. The SMILES string of the molecule is CC1(C)Cc2cnc(N)nc2C2=C1C(C(=O)Cc1ncc(C(=O)NC3CCCCC3)s1)=NC2. The van der Waals surface area contributed by atoms with Crippen LogP contribution >= 0.6 is 11.3 Å². The Hall–Kier alpha value is -2.94. The molecule has 1 amide bonds. The molecule has 8 nitrogen and oxygen atoms in total. The first kappa shape index (κ1) is 21.9. The monoisotopic (exact) mass is 464 g/mol. The highest BCUT2D eigenvalue weighted by atomic mass is 32.1. The van der Waals surface area contributed by atoms with Gasteiger partial charge in [-0.15, -0.1) is 11.3 Å². The van der Waals surface area contributed by atoms with Crippen molar-refractivity contribution < 1.29 is 9.59 Å². The molecule has 0 atom stereocenters. The molecular weight excluding hydrogens is 436 g/mol. The Morgan fingerprint density at radius 1 is 1.18 bits per heavy atom. The van der Waals surface area contributed by atoms with Gasteiger partial charge < -0.3 is 11.1 Å². The zero-order valence-corrected chi connectivity index (χ0v) is 19.8. The second-order valence-electron chi connectivity index (χ2n) is 9.71. The van der Waals surface area contributed by atoms with E-state index < -0.39 is 0 Å². The van der Waals surface area contributed by atoms with Crippen molar-refractivity contribution in [1.29, 1.82) is 0 Å². The zero-order valence-electron chi connectivity index (χ0n) is 19.0. The molecule has 1 saturated carbocycles. The van der Waals surface area contributed by atoms with Gasteiger partial charge in [0.05, 0.1) is 24.9 Å². The summed E-state index contributed by atoms with van der Waals surface area (Å²) in [6.45, 7) is 4.65. The van der Waals surface area contributed by atoms with Crippen LogP contribution in [0.4, 0.5) is 5.95 Å². The number of Topliss-reactive ketones (excluding diaryl/α,β-unsaturated/α-hetero) is 1. The minimum Gasteiger partial charge on any atom is -0.368 e. The summed E-state index contributed by atoms with van der Waals surface area (Å²) in [5, 5.41) is 3.74. The summed E-state index contributed by atoms with van der Waals surface area (Å²) < 4.78 is 0. The molecule has 5 rings (SSSR count). The number of allylic oxidation sites excluding steroid dienone is 1. The van der Waals surface area contributed by atoms with E-state index in [1.165, 1.54) is 17.8 Å². The van der Waals surface area contributed by atoms with Crippen LogP contribution in [0, 0.1) is 5.41 Å². The molecular formula is C24H28N6O2S. The third kappa shape index (κ3) is 4.21. The maximum atomic E-state index is 13.3. The van der Waals surface area contributed by atoms with Crippen molar-refractivity contribution in [2.75, 3.05) is 12.3 Å². The van der Waals surface area contributed by atoms with Crippen molar-refractivity contribution in [2.24, 2.45) is 10.4 Å². The predicted octanol–water partition coefficient (Wildman–Crippen LogP) is 3.18. The molecule has 2 aromatic rings. The summed E-state index contributed by atoms with van der Waals surface area (Å²) in [7, 11) is 0. The molecule has 0 radical (unpaired) electrons. The smallest absolute Gasteiger partial charge is 0.263 e. The topological polar surface area (TPSA) is 123 Å². The molecule has 172 valence electrons. The van der Waals surface area contributed by atoms with E-state index in [0.717, 1.165) is 54.5 Å². The first-order valence-electron chi connectivity index (χ1n) is 11.5. The highest BCUT2D eigenvalue weighted by molar-refractivity contribution is 7.13. The molecule has 1 aliphatic heterocycles. The lowest BCUT2D eigenvalue weighted by atomic mass is 9.70. The number of carbonyl (C=O) groups is 2. The number of rotatable bonds is 5. The van der Waals surface area contributed by atoms with Crippen molar-refractivity contribution in [3.05, 3.63) is 39.1 Å². The Morgan fingerprint density at radius 3 is 2.76 bits per heavy atom. The number of hydrogen-bond donors (Lipinski definition) is 2. The Kier molecular flexibility index (Phi) is 5.60. The van der Waals surface area contributed by atoms with Crippen LogP contribution in [0.5, 0.6) is 0 Å². The lowest BCUT2D eigenvalue weighted by molar-refractivity contribution is -0.112. The lowest BCUT2D eigenvalue weighted by Gasteiger charge is -2.33. The number of nitrogen functional groups attached to an aromatic ring is 1. The minimum atomic E-state index is -0.263. The number of amides is 1. The van der Waals surface area contributed by atoms with Gasteiger partial charge in [-0.2, -0.15) is 0 Å². The molecule has 33 heavy (non-hydrogen) atoms. The van der Waals surface area contributed by atoms with Crippen LogP contribution in [-0.4, -0.2) is 44.9 Å². The highest BCUT2D eigenvalue weighted by Gasteiger charge is 2.41. The molecule has 1 fully saturated rings. The number of carbonyl (C=O) groups excluding carboxylic acids is 2. The van der Waals surface area contributed by atoms with Gasteiger partial charge in [0.15, 0.2) is 5.78 Å². The number of aromatic nitrogens is 3. The van der Waals surface area contributed by atoms with Crippen molar-refractivity contribution in [1.82, 2.24) is 20.3 Å². The first-order chi connectivity index (χ1) is 15.8.